The van der Waals surface area contributed by atoms with Gasteiger partial charge in [-0.25, -0.2) is 9.64 Å². The number of aromatic carboxylic acids is 1. The molecule has 3 aromatic carbocycles. The van der Waals surface area contributed by atoms with E-state index in [4.69, 9.17) is 28.0 Å². The third-order valence-corrected chi connectivity index (χ3v) is 5.27. The minimum Gasteiger partial charge on any atom is -0.495 e. The van der Waals surface area contributed by atoms with E-state index in [1.165, 1.54) is 12.1 Å². The standard InChI is InChI=1S/C24H17ClN4O3/c1-26-17-8-9-18-19(12-17)23(27-13-14-3-10-21(32-2)20(25)11-14)29-28-22(18)15-4-6-16(7-5-15)24(30)31/h3-12H,13H2,2H3,(H,27,29)(H,30,31). The molecule has 32 heavy (non-hydrogen) atoms. The summed E-state index contributed by atoms with van der Waals surface area (Å²) in [4.78, 5) is 14.7. The van der Waals surface area contributed by atoms with Gasteiger partial charge in [-0.15, -0.1) is 10.2 Å². The van der Waals surface area contributed by atoms with Crippen LogP contribution in [0.1, 0.15) is 15.9 Å². The molecular weight excluding hydrogens is 428 g/mol. The zero-order valence-electron chi connectivity index (χ0n) is 17.0. The van der Waals surface area contributed by atoms with E-state index in [1.807, 2.05) is 18.2 Å². The van der Waals surface area contributed by atoms with E-state index in [0.717, 1.165) is 21.9 Å². The van der Waals surface area contributed by atoms with Crippen molar-refractivity contribution in [1.29, 1.82) is 0 Å². The lowest BCUT2D eigenvalue weighted by atomic mass is 10.0. The van der Waals surface area contributed by atoms with Crippen LogP contribution in [-0.4, -0.2) is 28.4 Å². The average molecular weight is 445 g/mol. The van der Waals surface area contributed by atoms with E-state index < -0.39 is 5.97 Å². The molecule has 7 nitrogen and oxygen atoms in total. The predicted molar refractivity (Wildman–Crippen MR) is 124 cm³/mol. The van der Waals surface area contributed by atoms with Crippen molar-refractivity contribution in [2.45, 2.75) is 6.54 Å². The van der Waals surface area contributed by atoms with Gasteiger partial charge < -0.3 is 15.2 Å². The fraction of sp³-hybridized carbons (Fsp3) is 0.0833. The van der Waals surface area contributed by atoms with Gasteiger partial charge in [0.1, 0.15) is 11.4 Å². The molecule has 158 valence electrons. The fourth-order valence-electron chi connectivity index (χ4n) is 3.33. The minimum absolute atomic E-state index is 0.192. The van der Waals surface area contributed by atoms with Gasteiger partial charge in [-0.3, -0.25) is 0 Å². The summed E-state index contributed by atoms with van der Waals surface area (Å²) in [5, 5.41) is 23.2. The summed E-state index contributed by atoms with van der Waals surface area (Å²) in [5.74, 6) is 0.136. The molecule has 0 spiro atoms. The number of fused-ring (bicyclic) bond motifs is 1. The van der Waals surface area contributed by atoms with Crippen LogP contribution in [0.25, 0.3) is 26.9 Å². The second-order valence-corrected chi connectivity index (χ2v) is 7.35. The minimum atomic E-state index is -0.993. The molecule has 1 aromatic heterocycles. The molecule has 0 saturated heterocycles. The van der Waals surface area contributed by atoms with Gasteiger partial charge in [0.05, 0.1) is 24.3 Å². The molecule has 4 rings (SSSR count). The van der Waals surface area contributed by atoms with Crippen molar-refractivity contribution in [2.24, 2.45) is 0 Å². The molecule has 0 atom stereocenters. The van der Waals surface area contributed by atoms with E-state index in [9.17, 15) is 4.79 Å². The number of aromatic nitrogens is 2. The van der Waals surface area contributed by atoms with Crippen LogP contribution < -0.4 is 10.1 Å². The summed E-state index contributed by atoms with van der Waals surface area (Å²) in [6, 6.07) is 17.3. The Morgan fingerprint density at radius 1 is 1.09 bits per heavy atom. The maximum absolute atomic E-state index is 11.1. The topological polar surface area (TPSA) is 88.7 Å². The summed E-state index contributed by atoms with van der Waals surface area (Å²) < 4.78 is 5.19. The van der Waals surface area contributed by atoms with Gasteiger partial charge in [0.25, 0.3) is 0 Å². The molecule has 0 bridgehead atoms. The largest absolute Gasteiger partial charge is 0.495 e. The maximum atomic E-state index is 11.1. The number of hydrogen-bond donors (Lipinski definition) is 2. The van der Waals surface area contributed by atoms with Crippen molar-refractivity contribution in [3.63, 3.8) is 0 Å². The van der Waals surface area contributed by atoms with Crippen LogP contribution in [0.15, 0.2) is 60.7 Å². The maximum Gasteiger partial charge on any atom is 0.335 e. The first kappa shape index (κ1) is 21.1. The van der Waals surface area contributed by atoms with Crippen LogP contribution in [0.4, 0.5) is 11.5 Å². The molecular formula is C24H17ClN4O3. The second-order valence-electron chi connectivity index (χ2n) is 6.94. The number of hydrogen-bond acceptors (Lipinski definition) is 5. The fourth-order valence-corrected chi connectivity index (χ4v) is 3.61. The number of carboxylic acids is 1. The Hall–Kier alpha value is -4.15. The smallest absolute Gasteiger partial charge is 0.335 e. The second kappa shape index (κ2) is 8.92. The normalized spacial score (nSPS) is 10.5. The van der Waals surface area contributed by atoms with Crippen molar-refractivity contribution >= 4 is 39.8 Å². The van der Waals surface area contributed by atoms with Gasteiger partial charge in [0.15, 0.2) is 11.5 Å². The molecule has 8 heteroatoms. The summed E-state index contributed by atoms with van der Waals surface area (Å²) in [7, 11) is 1.56. The lowest BCUT2D eigenvalue weighted by Gasteiger charge is -2.12. The van der Waals surface area contributed by atoms with Crippen LogP contribution in [0.5, 0.6) is 5.75 Å². The number of anilines is 1. The molecule has 0 unspecified atom stereocenters. The number of carboxylic acid groups (broad SMARTS) is 1. The third-order valence-electron chi connectivity index (χ3n) is 4.97. The molecule has 2 N–H and O–H groups in total. The van der Waals surface area contributed by atoms with Crippen LogP contribution in [0.2, 0.25) is 5.02 Å². The highest BCUT2D eigenvalue weighted by molar-refractivity contribution is 6.32. The lowest BCUT2D eigenvalue weighted by Crippen LogP contribution is -2.04. The average Bonchev–Trinajstić information content (AvgIpc) is 2.82. The number of rotatable bonds is 6. The Morgan fingerprint density at radius 2 is 1.88 bits per heavy atom. The van der Waals surface area contributed by atoms with E-state index >= 15 is 0 Å². The van der Waals surface area contributed by atoms with Gasteiger partial charge in [-0.05, 0) is 35.9 Å². The van der Waals surface area contributed by atoms with Gasteiger partial charge >= 0.3 is 5.97 Å². The SMILES string of the molecule is [C-]#[N+]c1ccc2c(-c3ccc(C(=O)O)cc3)nnc(NCc3ccc(OC)c(Cl)c3)c2c1. The number of nitrogens with one attached hydrogen (secondary N) is 1. The first-order valence-electron chi connectivity index (χ1n) is 9.58. The van der Waals surface area contributed by atoms with Crippen molar-refractivity contribution in [1.82, 2.24) is 10.2 Å². The van der Waals surface area contributed by atoms with Crippen LogP contribution >= 0.6 is 11.6 Å². The molecule has 0 fully saturated rings. The molecule has 0 saturated carbocycles. The zero-order chi connectivity index (χ0) is 22.7. The van der Waals surface area contributed by atoms with Crippen LogP contribution in [0.3, 0.4) is 0 Å². The summed E-state index contributed by atoms with van der Waals surface area (Å²) >= 11 is 6.21. The molecule has 1 heterocycles. The monoisotopic (exact) mass is 444 g/mol. The van der Waals surface area contributed by atoms with E-state index in [0.29, 0.717) is 34.5 Å². The molecule has 0 amide bonds. The Morgan fingerprint density at radius 3 is 2.53 bits per heavy atom. The molecule has 0 aliphatic rings. The number of nitrogens with zero attached hydrogens (tertiary/aromatic N) is 3. The van der Waals surface area contributed by atoms with Gasteiger partial charge in [-0.2, -0.15) is 0 Å². The van der Waals surface area contributed by atoms with Gasteiger partial charge in [0, 0.05) is 22.9 Å². The predicted octanol–water partition coefficient (Wildman–Crippen LogP) is 5.82. The van der Waals surface area contributed by atoms with Crippen LogP contribution in [0, 0.1) is 6.57 Å². The molecule has 0 aliphatic carbocycles. The van der Waals surface area contributed by atoms with Crippen molar-refractivity contribution in [2.75, 3.05) is 12.4 Å². The number of ether oxygens (including phenoxy) is 1. The highest BCUT2D eigenvalue weighted by Crippen LogP contribution is 2.33. The Kier molecular flexibility index (Phi) is 5.88. The Bertz CT molecular complexity index is 1360. The summed E-state index contributed by atoms with van der Waals surface area (Å²) in [6.45, 7) is 7.80. The number of methoxy groups -OCH3 is 1. The molecule has 4 aromatic rings. The zero-order valence-corrected chi connectivity index (χ0v) is 17.7. The quantitative estimate of drug-likeness (QED) is 0.364. The van der Waals surface area contributed by atoms with Crippen molar-refractivity contribution in [3.05, 3.63) is 88.2 Å². The third kappa shape index (κ3) is 4.17. The number of carbonyl (C=O) groups is 1. The molecule has 0 aliphatic heterocycles. The first-order valence-corrected chi connectivity index (χ1v) is 9.96. The van der Waals surface area contributed by atoms with E-state index in [-0.39, 0.29) is 5.56 Å². The highest BCUT2D eigenvalue weighted by Gasteiger charge is 2.13. The Labute approximate surface area is 189 Å². The summed E-state index contributed by atoms with van der Waals surface area (Å²) in [6.07, 6.45) is 0. The Balaban J connectivity index is 1.72. The van der Waals surface area contributed by atoms with Gasteiger partial charge in [-0.1, -0.05) is 41.9 Å². The lowest BCUT2D eigenvalue weighted by molar-refractivity contribution is 0.0697. The van der Waals surface area contributed by atoms with Crippen molar-refractivity contribution in [3.8, 4) is 17.0 Å². The molecule has 0 radical (unpaired) electrons. The van der Waals surface area contributed by atoms with Crippen molar-refractivity contribution < 1.29 is 14.6 Å². The first-order chi connectivity index (χ1) is 15.5. The van der Waals surface area contributed by atoms with E-state index in [1.54, 1.807) is 37.4 Å². The summed E-state index contributed by atoms with van der Waals surface area (Å²) in [5.41, 5.74) is 2.94. The number of halogens is 1. The number of benzene rings is 3. The van der Waals surface area contributed by atoms with Gasteiger partial charge in [0.2, 0.25) is 0 Å². The van der Waals surface area contributed by atoms with E-state index in [2.05, 4.69) is 20.4 Å². The van der Waals surface area contributed by atoms with Crippen LogP contribution in [-0.2, 0) is 6.54 Å². The highest BCUT2D eigenvalue weighted by atomic mass is 35.5.